The molecule has 0 radical (unpaired) electrons. The molecular weight excluding hydrogens is 380 g/mol. The molecule has 3 aromatic heterocycles. The van der Waals surface area contributed by atoms with E-state index in [0.717, 1.165) is 11.3 Å². The highest BCUT2D eigenvalue weighted by Crippen LogP contribution is 2.22. The maximum Gasteiger partial charge on any atom is 0.387 e. The van der Waals surface area contributed by atoms with Crippen molar-refractivity contribution in [1.82, 2.24) is 24.5 Å². The molecule has 29 heavy (non-hydrogen) atoms. The van der Waals surface area contributed by atoms with Crippen LogP contribution in [-0.2, 0) is 6.54 Å². The third-order valence-corrected chi connectivity index (χ3v) is 4.34. The summed E-state index contributed by atoms with van der Waals surface area (Å²) >= 11 is 0. The Balaban J connectivity index is 1.45. The monoisotopic (exact) mass is 397 g/mol. The van der Waals surface area contributed by atoms with Crippen LogP contribution in [0.25, 0.3) is 16.9 Å². The maximum absolute atomic E-state index is 12.7. The van der Waals surface area contributed by atoms with E-state index in [1.54, 1.807) is 30.1 Å². The van der Waals surface area contributed by atoms with Crippen molar-refractivity contribution in [3.8, 4) is 17.0 Å². The van der Waals surface area contributed by atoms with Crippen molar-refractivity contribution in [1.29, 1.82) is 0 Å². The number of halogens is 2. The summed E-state index contributed by atoms with van der Waals surface area (Å²) in [7, 11) is 1.68. The van der Waals surface area contributed by atoms with Crippen LogP contribution in [0.1, 0.15) is 16.2 Å². The fraction of sp³-hybridized carbons (Fsp3) is 0.150. The van der Waals surface area contributed by atoms with Crippen LogP contribution in [0.15, 0.2) is 60.9 Å². The van der Waals surface area contributed by atoms with E-state index >= 15 is 0 Å². The van der Waals surface area contributed by atoms with Crippen LogP contribution in [-0.4, -0.2) is 44.0 Å². The molecule has 0 unspecified atom stereocenters. The molecule has 4 aromatic rings. The molecule has 0 bridgehead atoms. The second kappa shape index (κ2) is 7.70. The average molecular weight is 397 g/mol. The number of nitrogens with one attached hydrogen (secondary N) is 1. The van der Waals surface area contributed by atoms with E-state index in [4.69, 9.17) is 0 Å². The Morgan fingerprint density at radius 3 is 2.76 bits per heavy atom. The van der Waals surface area contributed by atoms with E-state index < -0.39 is 6.61 Å². The van der Waals surface area contributed by atoms with Gasteiger partial charge in [0.05, 0.1) is 17.9 Å². The Bertz CT molecular complexity index is 1100. The number of carbonyl (C=O) groups is 1. The molecule has 0 spiro atoms. The van der Waals surface area contributed by atoms with Crippen LogP contribution in [0.2, 0.25) is 0 Å². The number of benzene rings is 1. The number of imidazole rings is 1. The number of hydrogen-bond acceptors (Lipinski definition) is 4. The summed E-state index contributed by atoms with van der Waals surface area (Å²) in [6.07, 6.45) is 3.77. The fourth-order valence-corrected chi connectivity index (χ4v) is 2.97. The Kier molecular flexibility index (Phi) is 4.94. The number of rotatable bonds is 6. The molecule has 0 aliphatic heterocycles. The van der Waals surface area contributed by atoms with Gasteiger partial charge in [0.2, 0.25) is 0 Å². The van der Waals surface area contributed by atoms with Gasteiger partial charge in [0, 0.05) is 25.0 Å². The van der Waals surface area contributed by atoms with Gasteiger partial charge in [-0.05, 0) is 42.5 Å². The van der Waals surface area contributed by atoms with Crippen LogP contribution in [0.4, 0.5) is 8.78 Å². The number of ether oxygens (including phenoxy) is 1. The van der Waals surface area contributed by atoms with Gasteiger partial charge in [-0.15, -0.1) is 0 Å². The predicted molar refractivity (Wildman–Crippen MR) is 102 cm³/mol. The van der Waals surface area contributed by atoms with Crippen LogP contribution >= 0.6 is 0 Å². The first-order chi connectivity index (χ1) is 14.0. The Hall–Kier alpha value is -3.75. The molecule has 1 amide bonds. The first-order valence-corrected chi connectivity index (χ1v) is 8.78. The molecule has 0 atom stereocenters. The van der Waals surface area contributed by atoms with Gasteiger partial charge in [0.15, 0.2) is 0 Å². The summed E-state index contributed by atoms with van der Waals surface area (Å²) in [5, 5.41) is 6.87. The van der Waals surface area contributed by atoms with E-state index in [1.165, 1.54) is 12.1 Å². The first kappa shape index (κ1) is 18.6. The van der Waals surface area contributed by atoms with Crippen molar-refractivity contribution in [3.05, 3.63) is 72.3 Å². The molecule has 3 heterocycles. The topological polar surface area (TPSA) is 75.5 Å². The third kappa shape index (κ3) is 4.08. The zero-order chi connectivity index (χ0) is 20.4. The zero-order valence-electron chi connectivity index (χ0n) is 15.4. The van der Waals surface area contributed by atoms with Gasteiger partial charge in [0.1, 0.15) is 17.1 Å². The second-order valence-electron chi connectivity index (χ2n) is 6.43. The molecule has 0 saturated carbocycles. The number of aromatic amines is 1. The molecule has 0 aliphatic carbocycles. The molecule has 0 saturated heterocycles. The van der Waals surface area contributed by atoms with Gasteiger partial charge in [-0.2, -0.15) is 13.9 Å². The number of pyridine rings is 1. The predicted octanol–water partition coefficient (Wildman–Crippen LogP) is 3.60. The molecule has 148 valence electrons. The van der Waals surface area contributed by atoms with Gasteiger partial charge in [0.25, 0.3) is 5.91 Å². The number of fused-ring (bicyclic) bond motifs is 1. The number of nitrogens with zero attached hydrogens (tertiary/aromatic N) is 4. The van der Waals surface area contributed by atoms with Crippen molar-refractivity contribution < 1.29 is 18.3 Å². The number of carbonyl (C=O) groups excluding carboxylic acids is 1. The van der Waals surface area contributed by atoms with Crippen molar-refractivity contribution in [2.24, 2.45) is 0 Å². The second-order valence-corrected chi connectivity index (χ2v) is 6.43. The standard InChI is InChI=1S/C20H17F2N5O2/c1-26(11-14-12-27-9-3-2-4-18(27)23-14)19(28)17-10-16(24-25-17)13-5-7-15(8-6-13)29-20(21)22/h2-10,12,20H,11H2,1H3,(H,24,25). The van der Waals surface area contributed by atoms with E-state index in [-0.39, 0.29) is 11.7 Å². The van der Waals surface area contributed by atoms with Crippen molar-refractivity contribution in [2.75, 3.05) is 7.05 Å². The smallest absolute Gasteiger partial charge is 0.387 e. The van der Waals surface area contributed by atoms with Gasteiger partial charge in [-0.1, -0.05) is 6.07 Å². The summed E-state index contributed by atoms with van der Waals surface area (Å²) < 4.78 is 30.7. The molecule has 9 heteroatoms. The van der Waals surface area contributed by atoms with E-state index in [2.05, 4.69) is 19.9 Å². The van der Waals surface area contributed by atoms with E-state index in [9.17, 15) is 13.6 Å². The summed E-state index contributed by atoms with van der Waals surface area (Å²) in [5.41, 5.74) is 3.09. The normalized spacial score (nSPS) is 11.2. The minimum atomic E-state index is -2.88. The lowest BCUT2D eigenvalue weighted by atomic mass is 10.1. The quantitative estimate of drug-likeness (QED) is 0.539. The lowest BCUT2D eigenvalue weighted by Crippen LogP contribution is -2.26. The van der Waals surface area contributed by atoms with Gasteiger partial charge in [-0.25, -0.2) is 4.98 Å². The Morgan fingerprint density at radius 2 is 2.03 bits per heavy atom. The van der Waals surface area contributed by atoms with Gasteiger partial charge >= 0.3 is 6.61 Å². The maximum atomic E-state index is 12.7. The highest BCUT2D eigenvalue weighted by Gasteiger charge is 2.17. The van der Waals surface area contributed by atoms with Crippen LogP contribution in [0, 0.1) is 0 Å². The summed E-state index contributed by atoms with van der Waals surface area (Å²) in [6.45, 7) is -2.53. The average Bonchev–Trinajstić information content (AvgIpc) is 3.34. The summed E-state index contributed by atoms with van der Waals surface area (Å²) in [6, 6.07) is 13.4. The molecule has 4 rings (SSSR count). The molecular formula is C20H17F2N5O2. The fourth-order valence-electron chi connectivity index (χ4n) is 2.97. The third-order valence-electron chi connectivity index (χ3n) is 4.34. The zero-order valence-corrected chi connectivity index (χ0v) is 15.4. The number of H-pyrrole nitrogens is 1. The summed E-state index contributed by atoms with van der Waals surface area (Å²) in [5.74, 6) is -0.179. The highest BCUT2D eigenvalue weighted by atomic mass is 19.3. The number of amides is 1. The lowest BCUT2D eigenvalue weighted by Gasteiger charge is -2.14. The van der Waals surface area contributed by atoms with Crippen LogP contribution in [0.5, 0.6) is 5.75 Å². The highest BCUT2D eigenvalue weighted by molar-refractivity contribution is 5.93. The molecule has 0 aliphatic rings. The van der Waals surface area contributed by atoms with Gasteiger partial charge < -0.3 is 14.0 Å². The minimum absolute atomic E-state index is 0.0581. The number of alkyl halides is 2. The molecule has 1 aromatic carbocycles. The SMILES string of the molecule is CN(Cc1cn2ccccc2n1)C(=O)c1cc(-c2ccc(OC(F)F)cc2)n[nH]1. The number of hydrogen-bond donors (Lipinski definition) is 1. The first-order valence-electron chi connectivity index (χ1n) is 8.78. The van der Waals surface area contributed by atoms with E-state index in [1.807, 2.05) is 35.0 Å². The van der Waals surface area contributed by atoms with Crippen molar-refractivity contribution in [2.45, 2.75) is 13.2 Å². The Morgan fingerprint density at radius 1 is 1.24 bits per heavy atom. The molecule has 1 N–H and O–H groups in total. The van der Waals surface area contributed by atoms with E-state index in [0.29, 0.717) is 23.5 Å². The van der Waals surface area contributed by atoms with Crippen LogP contribution in [0.3, 0.4) is 0 Å². The molecule has 7 nitrogen and oxygen atoms in total. The molecule has 0 fully saturated rings. The lowest BCUT2D eigenvalue weighted by molar-refractivity contribution is -0.0498. The van der Waals surface area contributed by atoms with Crippen LogP contribution < -0.4 is 4.74 Å². The van der Waals surface area contributed by atoms with Crippen molar-refractivity contribution in [3.63, 3.8) is 0 Å². The minimum Gasteiger partial charge on any atom is -0.435 e. The van der Waals surface area contributed by atoms with Gasteiger partial charge in [-0.3, -0.25) is 9.89 Å². The largest absolute Gasteiger partial charge is 0.435 e. The summed E-state index contributed by atoms with van der Waals surface area (Å²) in [4.78, 5) is 18.7. The number of aromatic nitrogens is 4. The van der Waals surface area contributed by atoms with Crippen molar-refractivity contribution >= 4 is 11.6 Å². The Labute approximate surface area is 164 Å².